The molecule has 0 aromatic carbocycles. The number of nitrogens with one attached hydrogen (secondary N) is 2. The first-order valence-corrected chi connectivity index (χ1v) is 5.10. The predicted octanol–water partition coefficient (Wildman–Crippen LogP) is 2.33. The molecule has 0 aliphatic carbocycles. The van der Waals surface area contributed by atoms with Crippen LogP contribution in [0.1, 0.15) is 20.8 Å². The number of alkyl carbamates (subject to hydrolysis) is 1. The fraction of sp³-hybridized carbons (Fsp3) is 0.556. The van der Waals surface area contributed by atoms with Crippen LogP contribution in [0.3, 0.4) is 0 Å². The summed E-state index contributed by atoms with van der Waals surface area (Å²) in [7, 11) is 0. The standard InChI is InChI=1S/C9H15BrN2O3/c1-9(2,3)15-8(14)12-5-6(13)4-7(10)11/h4,11,13H,5H2,1-3H3,(H,12,14)/b6-4-,11-7?. The number of halogens is 1. The second kappa shape index (κ2) is 5.75. The summed E-state index contributed by atoms with van der Waals surface area (Å²) < 4.78 is 4.97. The molecule has 0 radical (unpaired) electrons. The lowest BCUT2D eigenvalue weighted by Crippen LogP contribution is -2.33. The molecule has 0 fully saturated rings. The minimum atomic E-state index is -0.608. The number of allylic oxidation sites excluding steroid dienone is 1. The zero-order valence-electron chi connectivity index (χ0n) is 8.93. The molecule has 86 valence electrons. The Morgan fingerprint density at radius 2 is 2.13 bits per heavy atom. The van der Waals surface area contributed by atoms with Crippen molar-refractivity contribution >= 4 is 26.6 Å². The Morgan fingerprint density at radius 1 is 1.60 bits per heavy atom. The van der Waals surface area contributed by atoms with E-state index in [1.807, 2.05) is 0 Å². The van der Waals surface area contributed by atoms with Gasteiger partial charge < -0.3 is 15.2 Å². The van der Waals surface area contributed by atoms with Gasteiger partial charge in [0, 0.05) is 6.08 Å². The zero-order valence-corrected chi connectivity index (χ0v) is 10.5. The van der Waals surface area contributed by atoms with Crippen molar-refractivity contribution in [1.82, 2.24) is 5.32 Å². The first-order chi connectivity index (χ1) is 6.70. The zero-order chi connectivity index (χ0) is 12.1. The Hall–Kier alpha value is -1.04. The summed E-state index contributed by atoms with van der Waals surface area (Å²) in [5.41, 5.74) is -0.564. The smallest absolute Gasteiger partial charge is 0.408 e. The number of ether oxygens (including phenoxy) is 1. The first kappa shape index (κ1) is 14.0. The highest BCUT2D eigenvalue weighted by atomic mass is 79.9. The van der Waals surface area contributed by atoms with E-state index in [0.29, 0.717) is 0 Å². The number of carbonyl (C=O) groups excluding carboxylic acids is 1. The lowest BCUT2D eigenvalue weighted by molar-refractivity contribution is 0.0527. The molecule has 0 saturated heterocycles. The van der Waals surface area contributed by atoms with Crippen LogP contribution >= 0.6 is 15.9 Å². The number of carbonyl (C=O) groups is 1. The summed E-state index contributed by atoms with van der Waals surface area (Å²) >= 11 is 2.83. The highest BCUT2D eigenvalue weighted by molar-refractivity contribution is 9.18. The Bertz CT molecular complexity index is 282. The molecule has 0 aliphatic rings. The molecule has 3 N–H and O–H groups in total. The molecule has 5 nitrogen and oxygen atoms in total. The Morgan fingerprint density at radius 3 is 2.53 bits per heavy atom. The molecule has 1 amide bonds. The van der Waals surface area contributed by atoms with E-state index in [9.17, 15) is 9.90 Å². The third kappa shape index (κ3) is 9.27. The van der Waals surface area contributed by atoms with Crippen molar-refractivity contribution in [3.8, 4) is 0 Å². The highest BCUT2D eigenvalue weighted by Gasteiger charge is 2.15. The maximum atomic E-state index is 11.1. The molecule has 6 heteroatoms. The summed E-state index contributed by atoms with van der Waals surface area (Å²) in [5.74, 6) is -0.122. The van der Waals surface area contributed by atoms with Crippen molar-refractivity contribution in [3.63, 3.8) is 0 Å². The number of hydrogen-bond donors (Lipinski definition) is 3. The number of aliphatic hydroxyl groups excluding tert-OH is 1. The number of hydrogen-bond acceptors (Lipinski definition) is 4. The summed E-state index contributed by atoms with van der Waals surface area (Å²) in [5, 5.41) is 18.5. The van der Waals surface area contributed by atoms with Gasteiger partial charge in [0.25, 0.3) is 0 Å². The van der Waals surface area contributed by atoms with Gasteiger partial charge in [0.2, 0.25) is 0 Å². The molecule has 0 spiro atoms. The van der Waals surface area contributed by atoms with Crippen molar-refractivity contribution in [2.45, 2.75) is 26.4 Å². The third-order valence-corrected chi connectivity index (χ3v) is 1.33. The van der Waals surface area contributed by atoms with Crippen LogP contribution in [-0.2, 0) is 4.74 Å². The van der Waals surface area contributed by atoms with Crippen LogP contribution < -0.4 is 5.32 Å². The molecule has 0 aromatic rings. The Labute approximate surface area is 97.1 Å². The van der Waals surface area contributed by atoms with Crippen LogP contribution in [-0.4, -0.2) is 28.0 Å². The number of amides is 1. The minimum absolute atomic E-state index is 0.0333. The largest absolute Gasteiger partial charge is 0.510 e. The molecular formula is C9H15BrN2O3. The first-order valence-electron chi connectivity index (χ1n) is 4.31. The van der Waals surface area contributed by atoms with E-state index >= 15 is 0 Å². The maximum Gasteiger partial charge on any atom is 0.408 e. The van der Waals surface area contributed by atoms with Gasteiger partial charge in [-0.1, -0.05) is 0 Å². The van der Waals surface area contributed by atoms with Gasteiger partial charge in [-0.05, 0) is 36.7 Å². The van der Waals surface area contributed by atoms with E-state index in [1.54, 1.807) is 20.8 Å². The second-order valence-corrected chi connectivity index (χ2v) is 4.69. The number of aliphatic hydroxyl groups is 1. The average molecular weight is 279 g/mol. The Kier molecular flexibility index (Phi) is 5.35. The van der Waals surface area contributed by atoms with E-state index < -0.39 is 11.7 Å². The van der Waals surface area contributed by atoms with Crippen LogP contribution in [0, 0.1) is 5.41 Å². The molecule has 0 bridgehead atoms. The fourth-order valence-corrected chi connectivity index (χ4v) is 0.938. The van der Waals surface area contributed by atoms with Gasteiger partial charge in [-0.2, -0.15) is 0 Å². The van der Waals surface area contributed by atoms with Crippen molar-refractivity contribution < 1.29 is 14.6 Å². The molecule has 0 saturated carbocycles. The highest BCUT2D eigenvalue weighted by Crippen LogP contribution is 2.06. The predicted molar refractivity (Wildman–Crippen MR) is 61.6 cm³/mol. The van der Waals surface area contributed by atoms with Gasteiger partial charge in [0.15, 0.2) is 0 Å². The molecule has 0 heterocycles. The van der Waals surface area contributed by atoms with Gasteiger partial charge >= 0.3 is 6.09 Å². The minimum Gasteiger partial charge on any atom is -0.510 e. The molecule has 0 aromatic heterocycles. The van der Waals surface area contributed by atoms with Gasteiger partial charge in [0.1, 0.15) is 16.0 Å². The van der Waals surface area contributed by atoms with Gasteiger partial charge in [-0.25, -0.2) is 4.79 Å². The van der Waals surface area contributed by atoms with Crippen LogP contribution in [0.5, 0.6) is 0 Å². The SMILES string of the molecule is CC(C)(C)OC(=O)NC/C(O)=C/C(=N)Br. The van der Waals surface area contributed by atoms with Gasteiger partial charge in [-0.15, -0.1) is 0 Å². The molecule has 15 heavy (non-hydrogen) atoms. The summed E-state index contributed by atoms with van der Waals surface area (Å²) in [6, 6.07) is 0. The second-order valence-electron chi connectivity index (χ2n) is 3.84. The summed E-state index contributed by atoms with van der Waals surface area (Å²) in [6.45, 7) is 5.17. The Balaban J connectivity index is 3.97. The van der Waals surface area contributed by atoms with Gasteiger partial charge in [-0.3, -0.25) is 5.41 Å². The fourth-order valence-electron chi connectivity index (χ4n) is 0.674. The lowest BCUT2D eigenvalue weighted by Gasteiger charge is -2.19. The normalized spacial score (nSPS) is 12.1. The van der Waals surface area contributed by atoms with Crippen molar-refractivity contribution in [1.29, 1.82) is 5.41 Å². The quantitative estimate of drug-likeness (QED) is 0.547. The van der Waals surface area contributed by atoms with Crippen molar-refractivity contribution in [2.24, 2.45) is 0 Å². The average Bonchev–Trinajstić information content (AvgIpc) is 1.96. The molecule has 0 atom stereocenters. The van der Waals surface area contributed by atoms with E-state index in [0.717, 1.165) is 0 Å². The van der Waals surface area contributed by atoms with Crippen LogP contribution in [0.15, 0.2) is 11.8 Å². The summed E-state index contributed by atoms with van der Waals surface area (Å²) in [4.78, 5) is 11.1. The number of rotatable bonds is 3. The molecule has 0 aliphatic heterocycles. The van der Waals surface area contributed by atoms with E-state index in [1.165, 1.54) is 6.08 Å². The van der Waals surface area contributed by atoms with Crippen molar-refractivity contribution in [2.75, 3.05) is 6.54 Å². The monoisotopic (exact) mass is 278 g/mol. The molecule has 0 rings (SSSR count). The maximum absolute atomic E-state index is 11.1. The van der Waals surface area contributed by atoms with Crippen LogP contribution in [0.4, 0.5) is 4.79 Å². The van der Waals surface area contributed by atoms with E-state index in [2.05, 4.69) is 21.2 Å². The molecular weight excluding hydrogens is 264 g/mol. The topological polar surface area (TPSA) is 82.4 Å². The third-order valence-electron chi connectivity index (χ3n) is 1.11. The van der Waals surface area contributed by atoms with Crippen molar-refractivity contribution in [3.05, 3.63) is 11.8 Å². The lowest BCUT2D eigenvalue weighted by atomic mass is 10.2. The van der Waals surface area contributed by atoms with E-state index in [4.69, 9.17) is 10.1 Å². The van der Waals surface area contributed by atoms with E-state index in [-0.39, 0.29) is 16.9 Å². The van der Waals surface area contributed by atoms with Crippen LogP contribution in [0.25, 0.3) is 0 Å². The van der Waals surface area contributed by atoms with Crippen LogP contribution in [0.2, 0.25) is 0 Å². The molecule has 0 unspecified atom stereocenters. The van der Waals surface area contributed by atoms with Gasteiger partial charge in [0.05, 0.1) is 6.54 Å². The summed E-state index contributed by atoms with van der Waals surface area (Å²) in [6.07, 6.45) is 0.570.